The number of amides is 1. The molecule has 1 aliphatic carbocycles. The second kappa shape index (κ2) is 8.42. The van der Waals surface area contributed by atoms with E-state index in [0.717, 1.165) is 40.6 Å². The molecule has 5 nitrogen and oxygen atoms in total. The van der Waals surface area contributed by atoms with E-state index in [4.69, 9.17) is 4.74 Å². The zero-order valence-electron chi connectivity index (χ0n) is 17.5. The summed E-state index contributed by atoms with van der Waals surface area (Å²) in [6.07, 6.45) is 10.4. The van der Waals surface area contributed by atoms with E-state index in [1.807, 2.05) is 65.4 Å². The Balaban J connectivity index is 1.39. The molecule has 0 unspecified atom stereocenters. The van der Waals surface area contributed by atoms with Gasteiger partial charge in [0, 0.05) is 40.4 Å². The second-order valence-corrected chi connectivity index (χ2v) is 8.48. The van der Waals surface area contributed by atoms with Crippen molar-refractivity contribution in [1.29, 1.82) is 0 Å². The van der Waals surface area contributed by atoms with E-state index < -0.39 is 0 Å². The van der Waals surface area contributed by atoms with E-state index in [1.54, 1.807) is 0 Å². The molecule has 2 aliphatic rings. The Morgan fingerprint density at radius 2 is 1.84 bits per heavy atom. The lowest BCUT2D eigenvalue weighted by atomic mass is 9.87. The van der Waals surface area contributed by atoms with Crippen LogP contribution in [0.25, 0.3) is 22.6 Å². The molecule has 1 aliphatic heterocycles. The summed E-state index contributed by atoms with van der Waals surface area (Å²) in [5, 5.41) is 3.94. The third-order valence-electron chi connectivity index (χ3n) is 6.37. The highest BCUT2D eigenvalue weighted by molar-refractivity contribution is 6.35. The third-order valence-corrected chi connectivity index (χ3v) is 6.37. The van der Waals surface area contributed by atoms with Crippen LogP contribution in [0.1, 0.15) is 49.7 Å². The van der Waals surface area contributed by atoms with Crippen molar-refractivity contribution < 1.29 is 14.3 Å². The minimum absolute atomic E-state index is 0.100. The molecule has 1 amide bonds. The lowest BCUT2D eigenvalue weighted by Crippen LogP contribution is -2.15. The number of esters is 1. The maximum absolute atomic E-state index is 12.5. The number of rotatable bonds is 5. The average Bonchev–Trinajstić information content (AvgIpc) is 3.31. The molecular weight excluding hydrogens is 388 g/mol. The zero-order valence-corrected chi connectivity index (χ0v) is 17.5. The number of hydrogen-bond acceptors (Lipinski definition) is 3. The standard InChI is InChI=1S/C26H26N2O3/c29-25(14-18-8-2-1-3-9-18)31-17-28-16-19(20-10-5-7-13-24(20)28)15-22-21-11-4-6-12-23(21)27-26(22)30/h4-7,10-13,15-16,18H,1-3,8-9,14,17H2,(H,27,30). The number of nitrogens with zero attached hydrogens (tertiary/aromatic N) is 1. The van der Waals surface area contributed by atoms with Crippen molar-refractivity contribution in [3.05, 3.63) is 65.9 Å². The first kappa shape index (κ1) is 19.6. The van der Waals surface area contributed by atoms with Gasteiger partial charge in [-0.2, -0.15) is 0 Å². The summed E-state index contributed by atoms with van der Waals surface area (Å²) in [6, 6.07) is 15.7. The molecule has 1 N–H and O–H groups in total. The smallest absolute Gasteiger partial charge is 0.307 e. The molecule has 2 heterocycles. The fourth-order valence-electron chi connectivity index (χ4n) is 4.76. The monoisotopic (exact) mass is 414 g/mol. The molecule has 0 saturated heterocycles. The van der Waals surface area contributed by atoms with Crippen LogP contribution in [0, 0.1) is 5.92 Å². The Hall–Kier alpha value is -3.34. The zero-order chi connectivity index (χ0) is 21.2. The number of carbonyl (C=O) groups excluding carboxylic acids is 2. The van der Waals surface area contributed by atoms with Crippen LogP contribution in [0.4, 0.5) is 5.69 Å². The van der Waals surface area contributed by atoms with Crippen LogP contribution in [-0.2, 0) is 21.1 Å². The van der Waals surface area contributed by atoms with Crippen LogP contribution in [0.3, 0.4) is 0 Å². The molecule has 5 heteroatoms. The summed E-state index contributed by atoms with van der Waals surface area (Å²) in [4.78, 5) is 24.9. The van der Waals surface area contributed by atoms with Gasteiger partial charge in [-0.25, -0.2) is 0 Å². The number of nitrogens with one attached hydrogen (secondary N) is 1. The van der Waals surface area contributed by atoms with Crippen molar-refractivity contribution in [1.82, 2.24) is 4.57 Å². The number of ether oxygens (including phenoxy) is 1. The Kier molecular flexibility index (Phi) is 5.33. The lowest BCUT2D eigenvalue weighted by Gasteiger charge is -2.20. The quantitative estimate of drug-likeness (QED) is 0.436. The SMILES string of the molecule is O=C(CC1CCCCC1)OCn1cc(C=C2C(=O)Nc3ccccc32)c2ccccc21. The highest BCUT2D eigenvalue weighted by Gasteiger charge is 2.24. The number of aromatic nitrogens is 1. The molecule has 3 aromatic rings. The molecule has 1 saturated carbocycles. The number of carbonyl (C=O) groups is 2. The van der Waals surface area contributed by atoms with Crippen LogP contribution in [0.2, 0.25) is 0 Å². The summed E-state index contributed by atoms with van der Waals surface area (Å²) in [5.41, 5.74) is 4.29. The van der Waals surface area contributed by atoms with Crippen molar-refractivity contribution in [2.24, 2.45) is 5.92 Å². The Morgan fingerprint density at radius 3 is 2.71 bits per heavy atom. The van der Waals surface area contributed by atoms with Gasteiger partial charge in [-0.3, -0.25) is 9.59 Å². The van der Waals surface area contributed by atoms with Gasteiger partial charge in [-0.1, -0.05) is 55.7 Å². The number of hydrogen-bond donors (Lipinski definition) is 1. The molecule has 1 aromatic heterocycles. The molecule has 1 fully saturated rings. The predicted molar refractivity (Wildman–Crippen MR) is 122 cm³/mol. The van der Waals surface area contributed by atoms with Gasteiger partial charge in [0.25, 0.3) is 5.91 Å². The van der Waals surface area contributed by atoms with E-state index in [2.05, 4.69) is 5.32 Å². The van der Waals surface area contributed by atoms with Gasteiger partial charge in [0.05, 0.1) is 5.52 Å². The maximum atomic E-state index is 12.5. The molecule has 0 bridgehead atoms. The first-order valence-electron chi connectivity index (χ1n) is 11.0. The summed E-state index contributed by atoms with van der Waals surface area (Å²) < 4.78 is 7.57. The fraction of sp³-hybridized carbons (Fsp3) is 0.308. The highest BCUT2D eigenvalue weighted by Crippen LogP contribution is 2.34. The van der Waals surface area contributed by atoms with Crippen molar-refractivity contribution in [3.8, 4) is 0 Å². The van der Waals surface area contributed by atoms with Crippen molar-refractivity contribution >= 4 is 40.1 Å². The van der Waals surface area contributed by atoms with Crippen LogP contribution >= 0.6 is 0 Å². The molecule has 158 valence electrons. The van der Waals surface area contributed by atoms with Gasteiger partial charge in [0.2, 0.25) is 0 Å². The minimum atomic E-state index is -0.131. The lowest BCUT2D eigenvalue weighted by molar-refractivity contribution is -0.148. The minimum Gasteiger partial charge on any atom is -0.444 e. The molecule has 0 radical (unpaired) electrons. The fourth-order valence-corrected chi connectivity index (χ4v) is 4.76. The Bertz CT molecular complexity index is 1170. The second-order valence-electron chi connectivity index (χ2n) is 8.48. The molecule has 0 spiro atoms. The van der Waals surface area contributed by atoms with E-state index >= 15 is 0 Å². The maximum Gasteiger partial charge on any atom is 0.307 e. The average molecular weight is 415 g/mol. The molecule has 5 rings (SSSR count). The Morgan fingerprint density at radius 1 is 1.06 bits per heavy atom. The summed E-state index contributed by atoms with van der Waals surface area (Å²) >= 11 is 0. The van der Waals surface area contributed by atoms with Crippen LogP contribution < -0.4 is 5.32 Å². The van der Waals surface area contributed by atoms with E-state index in [-0.39, 0.29) is 18.6 Å². The van der Waals surface area contributed by atoms with E-state index in [1.165, 1.54) is 19.3 Å². The summed E-state index contributed by atoms with van der Waals surface area (Å²) in [5.74, 6) is 0.231. The van der Waals surface area contributed by atoms with Gasteiger partial charge in [0.1, 0.15) is 0 Å². The first-order chi connectivity index (χ1) is 15.2. The molecule has 2 aromatic carbocycles. The number of para-hydroxylation sites is 2. The number of anilines is 1. The topological polar surface area (TPSA) is 60.3 Å². The van der Waals surface area contributed by atoms with E-state index in [0.29, 0.717) is 17.9 Å². The van der Waals surface area contributed by atoms with E-state index in [9.17, 15) is 9.59 Å². The highest BCUT2D eigenvalue weighted by atomic mass is 16.5. The van der Waals surface area contributed by atoms with Crippen molar-refractivity contribution in [2.45, 2.75) is 45.3 Å². The van der Waals surface area contributed by atoms with Gasteiger partial charge in [-0.15, -0.1) is 0 Å². The largest absolute Gasteiger partial charge is 0.444 e. The third kappa shape index (κ3) is 4.00. The normalized spacial score (nSPS) is 17.7. The van der Waals surface area contributed by atoms with Crippen molar-refractivity contribution in [3.63, 3.8) is 0 Å². The summed E-state index contributed by atoms with van der Waals surface area (Å²) in [6.45, 7) is 0.179. The van der Waals surface area contributed by atoms with Gasteiger partial charge < -0.3 is 14.6 Å². The van der Waals surface area contributed by atoms with Gasteiger partial charge in [0.15, 0.2) is 6.73 Å². The molecule has 0 atom stereocenters. The van der Waals surface area contributed by atoms with Gasteiger partial charge >= 0.3 is 5.97 Å². The molecule has 31 heavy (non-hydrogen) atoms. The van der Waals surface area contributed by atoms with Crippen LogP contribution in [0.15, 0.2) is 54.7 Å². The first-order valence-corrected chi connectivity index (χ1v) is 11.0. The Labute approximate surface area is 181 Å². The predicted octanol–water partition coefficient (Wildman–Crippen LogP) is 5.61. The molecular formula is C26H26N2O3. The van der Waals surface area contributed by atoms with Gasteiger partial charge in [-0.05, 0) is 37.0 Å². The van der Waals surface area contributed by atoms with Crippen molar-refractivity contribution in [2.75, 3.05) is 5.32 Å². The summed E-state index contributed by atoms with van der Waals surface area (Å²) in [7, 11) is 0. The number of fused-ring (bicyclic) bond motifs is 2. The van der Waals surface area contributed by atoms with Crippen LogP contribution in [-0.4, -0.2) is 16.4 Å². The number of benzene rings is 2. The van der Waals surface area contributed by atoms with Crippen LogP contribution in [0.5, 0.6) is 0 Å².